The van der Waals surface area contributed by atoms with Crippen LogP contribution in [0.2, 0.25) is 0 Å². The lowest BCUT2D eigenvalue weighted by Gasteiger charge is -2.42. The summed E-state index contributed by atoms with van der Waals surface area (Å²) in [6.45, 7) is 6.11. The van der Waals surface area contributed by atoms with E-state index in [0.29, 0.717) is 6.42 Å². The summed E-state index contributed by atoms with van der Waals surface area (Å²) in [5.41, 5.74) is 0.360. The van der Waals surface area contributed by atoms with Crippen molar-refractivity contribution in [1.82, 2.24) is 4.90 Å². The number of carbonyl (C=O) groups is 1. The average molecular weight is 277 g/mol. The Morgan fingerprint density at radius 2 is 2.00 bits per heavy atom. The Morgan fingerprint density at radius 3 is 2.60 bits per heavy atom. The second-order valence-corrected chi connectivity index (χ2v) is 5.90. The molecule has 110 valence electrons. The number of likely N-dealkylation sites (tertiary alicyclic amines) is 1. The summed E-state index contributed by atoms with van der Waals surface area (Å²) < 4.78 is 13.2. The van der Waals surface area contributed by atoms with Gasteiger partial charge in [-0.2, -0.15) is 0 Å². The number of piperidine rings is 1. The molecular weight excluding hydrogens is 253 g/mol. The molecule has 20 heavy (non-hydrogen) atoms. The van der Waals surface area contributed by atoms with Crippen molar-refractivity contribution in [3.05, 3.63) is 35.6 Å². The minimum absolute atomic E-state index is 0.201. The minimum atomic E-state index is -0.410. The fourth-order valence-electron chi connectivity index (χ4n) is 3.01. The first-order valence-electron chi connectivity index (χ1n) is 7.59. The van der Waals surface area contributed by atoms with Gasteiger partial charge < -0.3 is 0 Å². The van der Waals surface area contributed by atoms with Crippen LogP contribution < -0.4 is 0 Å². The summed E-state index contributed by atoms with van der Waals surface area (Å²) in [5.74, 6) is -0.0704. The normalized spacial score (nSPS) is 19.6. The Labute approximate surface area is 121 Å². The largest absolute Gasteiger partial charge is 0.297 e. The maximum Gasteiger partial charge on any atom is 0.157 e. The van der Waals surface area contributed by atoms with E-state index in [2.05, 4.69) is 11.8 Å². The van der Waals surface area contributed by atoms with Crippen molar-refractivity contribution in [2.24, 2.45) is 0 Å². The molecule has 1 saturated heterocycles. The van der Waals surface area contributed by atoms with Crippen molar-refractivity contribution in [2.75, 3.05) is 13.1 Å². The van der Waals surface area contributed by atoms with Crippen LogP contribution in [-0.2, 0) is 11.2 Å². The monoisotopic (exact) mass is 277 g/mol. The van der Waals surface area contributed by atoms with E-state index in [1.807, 2.05) is 13.0 Å². The number of nitrogens with zero attached hydrogens (tertiary/aromatic N) is 1. The molecule has 2 nitrogen and oxygen atoms in total. The van der Waals surface area contributed by atoms with Crippen LogP contribution >= 0.6 is 0 Å². The average Bonchev–Trinajstić information content (AvgIpc) is 2.47. The highest BCUT2D eigenvalue weighted by Crippen LogP contribution is 2.26. The standard InChI is InChI=1S/C17H24FNO/c1-3-17(2,19-10-5-4-6-11-19)16(20)13-14-8-7-9-15(18)12-14/h7-9,12H,3-6,10-11,13H2,1-2H3. The molecule has 1 atom stereocenters. The molecule has 0 aliphatic carbocycles. The van der Waals surface area contributed by atoms with Crippen molar-refractivity contribution >= 4 is 5.78 Å². The van der Waals surface area contributed by atoms with Crippen LogP contribution in [0.1, 0.15) is 45.1 Å². The molecule has 1 fully saturated rings. The zero-order chi connectivity index (χ0) is 14.6. The van der Waals surface area contributed by atoms with Gasteiger partial charge in [0.15, 0.2) is 5.78 Å². The molecule has 0 saturated carbocycles. The first kappa shape index (κ1) is 15.2. The highest BCUT2D eigenvalue weighted by molar-refractivity contribution is 5.89. The van der Waals surface area contributed by atoms with E-state index in [4.69, 9.17) is 0 Å². The van der Waals surface area contributed by atoms with Gasteiger partial charge in [0.05, 0.1) is 5.54 Å². The summed E-state index contributed by atoms with van der Waals surface area (Å²) in [5, 5.41) is 0. The number of hydrogen-bond acceptors (Lipinski definition) is 2. The van der Waals surface area contributed by atoms with Gasteiger partial charge in [0, 0.05) is 6.42 Å². The number of benzene rings is 1. The molecule has 1 unspecified atom stereocenters. The van der Waals surface area contributed by atoms with Crippen molar-refractivity contribution in [3.63, 3.8) is 0 Å². The van der Waals surface area contributed by atoms with Gasteiger partial charge >= 0.3 is 0 Å². The molecule has 1 aliphatic heterocycles. The van der Waals surface area contributed by atoms with Crippen molar-refractivity contribution in [3.8, 4) is 0 Å². The summed E-state index contributed by atoms with van der Waals surface area (Å²) >= 11 is 0. The Balaban J connectivity index is 2.11. The predicted octanol–water partition coefficient (Wildman–Crippen LogP) is 3.59. The van der Waals surface area contributed by atoms with E-state index in [1.54, 1.807) is 6.07 Å². The third-order valence-electron chi connectivity index (χ3n) is 4.60. The molecule has 0 spiro atoms. The molecule has 1 aromatic carbocycles. The fourth-order valence-corrected chi connectivity index (χ4v) is 3.01. The molecule has 0 bridgehead atoms. The van der Waals surface area contributed by atoms with Gasteiger partial charge in [0.2, 0.25) is 0 Å². The van der Waals surface area contributed by atoms with Gasteiger partial charge in [0.25, 0.3) is 0 Å². The number of hydrogen-bond donors (Lipinski definition) is 0. The van der Waals surface area contributed by atoms with Crippen molar-refractivity contribution in [1.29, 1.82) is 0 Å². The van der Waals surface area contributed by atoms with Crippen molar-refractivity contribution < 1.29 is 9.18 Å². The third kappa shape index (κ3) is 3.26. The maximum atomic E-state index is 13.2. The van der Waals surface area contributed by atoms with Crippen LogP contribution in [0.15, 0.2) is 24.3 Å². The number of carbonyl (C=O) groups excluding carboxylic acids is 1. The summed E-state index contributed by atoms with van der Waals surface area (Å²) in [6, 6.07) is 6.37. The maximum absolute atomic E-state index is 13.2. The molecule has 3 heteroatoms. The molecule has 1 aliphatic rings. The second kappa shape index (κ2) is 6.49. The van der Waals surface area contributed by atoms with E-state index in [0.717, 1.165) is 25.1 Å². The zero-order valence-electron chi connectivity index (χ0n) is 12.5. The van der Waals surface area contributed by atoms with Crippen LogP contribution in [0.4, 0.5) is 4.39 Å². The minimum Gasteiger partial charge on any atom is -0.297 e. The quantitative estimate of drug-likeness (QED) is 0.819. The molecule has 0 N–H and O–H groups in total. The number of ketones is 1. The topological polar surface area (TPSA) is 20.3 Å². The first-order valence-corrected chi connectivity index (χ1v) is 7.59. The molecule has 0 aromatic heterocycles. The number of Topliss-reactive ketones (excluding diaryl/α,β-unsaturated/α-hetero) is 1. The molecule has 1 heterocycles. The lowest BCUT2D eigenvalue weighted by Crippen LogP contribution is -2.54. The smallest absolute Gasteiger partial charge is 0.157 e. The molecule has 1 aromatic rings. The van der Waals surface area contributed by atoms with Crippen LogP contribution in [0.3, 0.4) is 0 Å². The Kier molecular flexibility index (Phi) is 4.92. The van der Waals surface area contributed by atoms with Gasteiger partial charge in [-0.05, 0) is 57.0 Å². The van der Waals surface area contributed by atoms with Gasteiger partial charge in [-0.3, -0.25) is 9.69 Å². The van der Waals surface area contributed by atoms with Crippen LogP contribution in [0.25, 0.3) is 0 Å². The number of halogens is 1. The fraction of sp³-hybridized carbons (Fsp3) is 0.588. The summed E-state index contributed by atoms with van der Waals surface area (Å²) in [7, 11) is 0. The summed E-state index contributed by atoms with van der Waals surface area (Å²) in [4.78, 5) is 15.0. The van der Waals surface area contributed by atoms with E-state index in [1.165, 1.54) is 31.4 Å². The highest BCUT2D eigenvalue weighted by Gasteiger charge is 2.37. The van der Waals surface area contributed by atoms with Gasteiger partial charge in [-0.15, -0.1) is 0 Å². The molecule has 0 radical (unpaired) electrons. The second-order valence-electron chi connectivity index (χ2n) is 5.90. The van der Waals surface area contributed by atoms with Crippen LogP contribution in [0.5, 0.6) is 0 Å². The van der Waals surface area contributed by atoms with Gasteiger partial charge in [-0.25, -0.2) is 4.39 Å². The molecule has 2 rings (SSSR count). The lowest BCUT2D eigenvalue weighted by molar-refractivity contribution is -0.130. The van der Waals surface area contributed by atoms with Gasteiger partial charge in [0.1, 0.15) is 5.82 Å². The van der Waals surface area contributed by atoms with E-state index < -0.39 is 5.54 Å². The van der Waals surface area contributed by atoms with Crippen LogP contribution in [0, 0.1) is 5.82 Å². The van der Waals surface area contributed by atoms with E-state index in [-0.39, 0.29) is 11.6 Å². The highest BCUT2D eigenvalue weighted by atomic mass is 19.1. The van der Waals surface area contributed by atoms with E-state index in [9.17, 15) is 9.18 Å². The van der Waals surface area contributed by atoms with Gasteiger partial charge in [-0.1, -0.05) is 25.5 Å². The first-order chi connectivity index (χ1) is 9.56. The Bertz CT molecular complexity index is 468. The van der Waals surface area contributed by atoms with Crippen molar-refractivity contribution in [2.45, 2.75) is 51.5 Å². The Hall–Kier alpha value is -1.22. The third-order valence-corrected chi connectivity index (χ3v) is 4.60. The SMILES string of the molecule is CCC(C)(C(=O)Cc1cccc(F)c1)N1CCCCC1. The molecular formula is C17H24FNO. The lowest BCUT2D eigenvalue weighted by atomic mass is 9.86. The number of rotatable bonds is 5. The zero-order valence-corrected chi connectivity index (χ0v) is 12.5. The Morgan fingerprint density at radius 1 is 1.30 bits per heavy atom. The van der Waals surface area contributed by atoms with Crippen LogP contribution in [-0.4, -0.2) is 29.3 Å². The predicted molar refractivity (Wildman–Crippen MR) is 79.2 cm³/mol. The summed E-state index contributed by atoms with van der Waals surface area (Å²) in [6.07, 6.45) is 4.72. The van der Waals surface area contributed by atoms with E-state index >= 15 is 0 Å². The molecule has 0 amide bonds.